The molecule has 70 heavy (non-hydrogen) atoms. The van der Waals surface area contributed by atoms with Gasteiger partial charge < -0.3 is 25.1 Å². The molecular formula is C32H33B25N7O3S3. The number of carbonyl (C=O) groups excluding carboxylic acids is 1. The summed E-state index contributed by atoms with van der Waals surface area (Å²) >= 11 is 3.52. The summed E-state index contributed by atoms with van der Waals surface area (Å²) in [4.78, 5) is 32.5. The lowest BCUT2D eigenvalue weighted by molar-refractivity contribution is -0.113. The van der Waals surface area contributed by atoms with Gasteiger partial charge in [0.15, 0.2) is 9.84 Å². The Bertz CT molecular complexity index is 2440. The number of sulfone groups is 1. The highest BCUT2D eigenvalue weighted by Gasteiger charge is 2.48. The maximum Gasteiger partial charge on any atom is 0.234 e. The van der Waals surface area contributed by atoms with Crippen molar-refractivity contribution in [3.8, 4) is 0 Å². The largest absolute Gasteiger partial charge is 0.364 e. The van der Waals surface area contributed by atoms with Gasteiger partial charge in [0, 0.05) is 219 Å². The molecule has 0 bridgehead atoms. The lowest BCUT2D eigenvalue weighted by atomic mass is 8.35. The lowest BCUT2D eigenvalue weighted by Crippen LogP contribution is -2.85. The number of carbonyl (C=O) groups is 1. The first-order chi connectivity index (χ1) is 33.3. The van der Waals surface area contributed by atoms with Crippen molar-refractivity contribution in [2.75, 3.05) is 45.5 Å². The lowest BCUT2D eigenvalue weighted by Gasteiger charge is -2.47. The zero-order valence-electron chi connectivity index (χ0n) is 38.9. The molecule has 10 nitrogen and oxygen atoms in total. The fraction of sp³-hybridized carbons (Fsp3) is 0.219. The molecule has 3 N–H and O–H groups in total. The topological polar surface area (TPSA) is 127 Å². The standard InChI is InChI=1S/C12H13N3O2S.C12H13N3S.C8H7NOS.B25/c16-18(17)6-5-15(8-10-7-13-9-14-10)11-3-1-2-4-12(11)18;1-2-4-12-11(3-1)15(5-6-16-12)8-10-7-13-9-14-10;10-8-5-11-7-4-2-1-3-6(7)9-8;1-14-21(15(2)3)24(20(12)13)25(22(16(4)5)17(6)7)23(18(8)9)19(10)11/h1-4,7,9H,5-6,8H2,(H,13,14);1-4,7,9H,5-6,8H2,(H,13,14);1-4H,5H2,(H,9,10);. The van der Waals surface area contributed by atoms with Crippen molar-refractivity contribution in [1.29, 1.82) is 0 Å². The molecule has 1 amide bonds. The fourth-order valence-electron chi connectivity index (χ4n) is 8.77. The van der Waals surface area contributed by atoms with Crippen LogP contribution in [0.15, 0.2) is 113 Å². The number of hydrogen-bond acceptors (Lipinski definition) is 9. The van der Waals surface area contributed by atoms with E-state index in [1.807, 2.05) is 54.4 Å². The van der Waals surface area contributed by atoms with Gasteiger partial charge in [-0.25, -0.2) is 18.4 Å². The molecule has 307 valence electrons. The number of nitrogens with zero attached hydrogens (tertiary/aromatic N) is 4. The van der Waals surface area contributed by atoms with Crippen LogP contribution in [0.1, 0.15) is 11.4 Å². The van der Waals surface area contributed by atoms with Gasteiger partial charge in [-0.15, -0.1) is 23.5 Å². The molecule has 5 aromatic rings. The number of rotatable bonds is 15. The molecule has 27 radical (unpaired) electrons. The van der Waals surface area contributed by atoms with Crippen LogP contribution in [0, 0.1) is 0 Å². The number of nitrogens with one attached hydrogen (secondary N) is 3. The maximum absolute atomic E-state index is 12.0. The summed E-state index contributed by atoms with van der Waals surface area (Å²) in [5.74, 6) is 1.95. The summed E-state index contributed by atoms with van der Waals surface area (Å²) < 4.78 is 23.9. The molecule has 0 unspecified atom stereocenters. The second kappa shape index (κ2) is 28.2. The molecule has 0 aliphatic carbocycles. The number of aromatic amines is 2. The van der Waals surface area contributed by atoms with E-state index >= 15 is 0 Å². The number of imidazole rings is 2. The van der Waals surface area contributed by atoms with E-state index in [1.54, 1.807) is 42.7 Å². The zero-order valence-corrected chi connectivity index (χ0v) is 41.3. The molecule has 5 heterocycles. The van der Waals surface area contributed by atoms with Crippen molar-refractivity contribution >= 4 is 234 Å². The van der Waals surface area contributed by atoms with Crippen molar-refractivity contribution in [1.82, 2.24) is 19.9 Å². The van der Waals surface area contributed by atoms with E-state index in [4.69, 9.17) is 101 Å². The van der Waals surface area contributed by atoms with Crippen LogP contribution in [0.25, 0.3) is 0 Å². The van der Waals surface area contributed by atoms with Crippen molar-refractivity contribution in [3.63, 3.8) is 0 Å². The van der Waals surface area contributed by atoms with Crippen LogP contribution in [0.2, 0.25) is 0 Å². The minimum absolute atomic E-state index is 0.0914. The molecule has 0 atom stereocenters. The molecule has 0 fully saturated rings. The number of aromatic nitrogens is 4. The van der Waals surface area contributed by atoms with Gasteiger partial charge in [0.1, 0.15) is 0 Å². The smallest absolute Gasteiger partial charge is 0.234 e. The molecule has 0 saturated carbocycles. The first-order valence-electron chi connectivity index (χ1n) is 22.5. The highest BCUT2D eigenvalue weighted by Crippen LogP contribution is 2.35. The van der Waals surface area contributed by atoms with E-state index in [9.17, 15) is 13.2 Å². The van der Waals surface area contributed by atoms with Gasteiger partial charge in [-0.2, -0.15) is 0 Å². The molecule has 38 heteroatoms. The number of H-pyrrole nitrogens is 2. The SMILES string of the molecule is O=C1CSc2ccccc2N1.O=S1(=O)CCN(Cc2cnc[nH]2)c2ccccc21.[B][B]B(B([B])[B])B(B([B])[B])B(B(B([B])[B])B([B])[B])B(B([B])[B])B([B])[B].c1ccc2c(c1)SCCN2Cc1cnc[nH]1. The minimum atomic E-state index is -3.12. The number of hydrogen-bond donors (Lipinski definition) is 3. The molecule has 3 aliphatic rings. The third-order valence-electron chi connectivity index (χ3n) is 12.0. The Kier molecular flexibility index (Phi) is 23.5. The van der Waals surface area contributed by atoms with Crippen molar-refractivity contribution in [2.24, 2.45) is 0 Å². The summed E-state index contributed by atoms with van der Waals surface area (Å²) in [6, 6.07) is 23.6. The van der Waals surface area contributed by atoms with Crippen LogP contribution in [0.5, 0.6) is 0 Å². The summed E-state index contributed by atoms with van der Waals surface area (Å²) in [5.41, 5.74) is 5.20. The van der Waals surface area contributed by atoms with E-state index < -0.39 is 80.1 Å². The molecule has 8 rings (SSSR count). The van der Waals surface area contributed by atoms with Crippen molar-refractivity contribution in [3.05, 3.63) is 109 Å². The zero-order chi connectivity index (χ0) is 51.1. The molecule has 0 spiro atoms. The predicted molar refractivity (Wildman–Crippen MR) is 325 cm³/mol. The van der Waals surface area contributed by atoms with Crippen LogP contribution in [-0.4, -0.2) is 242 Å². The second-order valence-electron chi connectivity index (χ2n) is 17.0. The van der Waals surface area contributed by atoms with Gasteiger partial charge in [0.2, 0.25) is 5.91 Å². The summed E-state index contributed by atoms with van der Waals surface area (Å²) in [6.45, 7) is 3.17. The predicted octanol–water partition coefficient (Wildman–Crippen LogP) is -4.06. The Morgan fingerprint density at radius 1 is 0.600 bits per heavy atom. The Morgan fingerprint density at radius 3 is 1.61 bits per heavy atom. The van der Waals surface area contributed by atoms with Crippen LogP contribution >= 0.6 is 23.5 Å². The maximum atomic E-state index is 12.0. The van der Waals surface area contributed by atoms with E-state index in [0.717, 1.165) is 40.8 Å². The Balaban J connectivity index is 0.000000179. The third kappa shape index (κ3) is 16.2. The molecule has 3 aromatic carbocycles. The summed E-state index contributed by atoms with van der Waals surface area (Å²) in [6.07, 6.45) is -2.18. The Hall–Kier alpha value is -2.58. The van der Waals surface area contributed by atoms with Gasteiger partial charge in [-0.05, 0) is 36.4 Å². The van der Waals surface area contributed by atoms with Gasteiger partial charge >= 0.3 is 0 Å². The van der Waals surface area contributed by atoms with Crippen LogP contribution in [0.4, 0.5) is 17.1 Å². The third-order valence-corrected chi connectivity index (χ3v) is 15.9. The van der Waals surface area contributed by atoms with Crippen molar-refractivity contribution < 1.29 is 13.2 Å². The quantitative estimate of drug-likeness (QED) is 0.0901. The number of amides is 1. The van der Waals surface area contributed by atoms with E-state index in [2.05, 4.69) is 59.3 Å². The van der Waals surface area contributed by atoms with Gasteiger partial charge in [-0.3, -0.25) is 4.79 Å². The Morgan fingerprint density at radius 2 is 1.10 bits per heavy atom. The first-order valence-corrected chi connectivity index (χ1v) is 26.1. The molecule has 2 aromatic heterocycles. The second-order valence-corrected chi connectivity index (χ2v) is 21.2. The van der Waals surface area contributed by atoms with E-state index in [1.165, 1.54) is 23.3 Å². The Labute approximate surface area is 446 Å². The van der Waals surface area contributed by atoms with E-state index in [-0.39, 0.29) is 11.7 Å². The number of thioether (sulfide) groups is 2. The molecule has 0 saturated heterocycles. The van der Waals surface area contributed by atoms with Crippen LogP contribution in [-0.2, 0) is 27.7 Å². The highest BCUT2D eigenvalue weighted by atomic mass is 32.2. The number of anilines is 3. The normalized spacial score (nSPS) is 13.6. The van der Waals surface area contributed by atoms with Gasteiger partial charge in [0.25, 0.3) is 0 Å². The van der Waals surface area contributed by atoms with Crippen LogP contribution in [0.3, 0.4) is 0 Å². The average Bonchev–Trinajstić information content (AvgIpc) is 4.04. The monoisotopic (exact) mass is 934 g/mol. The van der Waals surface area contributed by atoms with Crippen LogP contribution < -0.4 is 15.1 Å². The summed E-state index contributed by atoms with van der Waals surface area (Å²) in [5, 5.41) is 2.80. The van der Waals surface area contributed by atoms with Gasteiger partial charge in [0.05, 0.1) is 70.6 Å². The number of fused-ring (bicyclic) bond motifs is 3. The van der Waals surface area contributed by atoms with Gasteiger partial charge in [-0.1, -0.05) is 36.4 Å². The minimum Gasteiger partial charge on any atom is -0.364 e. The number of para-hydroxylation sites is 3. The fourth-order valence-corrected chi connectivity index (χ4v) is 12.1. The molecule has 3 aliphatic heterocycles. The summed E-state index contributed by atoms with van der Waals surface area (Å²) in [7, 11) is 74.7. The average molecular weight is 930 g/mol. The number of benzene rings is 3. The first kappa shape index (κ1) is 58.3. The highest BCUT2D eigenvalue weighted by molar-refractivity contribution is 8.24. The van der Waals surface area contributed by atoms with E-state index in [0.29, 0.717) is 23.7 Å². The van der Waals surface area contributed by atoms with Crippen molar-refractivity contribution in [2.45, 2.75) is 27.8 Å². The molecular weight excluding hydrogens is 897 g/mol.